The Morgan fingerprint density at radius 1 is 1.58 bits per heavy atom. The Bertz CT molecular complexity index is 136. The van der Waals surface area contributed by atoms with E-state index in [9.17, 15) is 0 Å². The fourth-order valence-corrected chi connectivity index (χ4v) is 1.72. The SMILES string of the molecule is C#CC(CCCCC)OSSCl. The normalized spacial score (nSPS) is 12.4. The van der Waals surface area contributed by atoms with Crippen molar-refractivity contribution in [3.05, 3.63) is 0 Å². The van der Waals surface area contributed by atoms with Crippen LogP contribution in [0.15, 0.2) is 0 Å². The molecule has 0 aromatic heterocycles. The van der Waals surface area contributed by atoms with Crippen LogP contribution in [0.3, 0.4) is 0 Å². The molecule has 0 bridgehead atoms. The Morgan fingerprint density at radius 2 is 2.33 bits per heavy atom. The van der Waals surface area contributed by atoms with Gasteiger partial charge in [-0.1, -0.05) is 25.7 Å². The molecule has 1 unspecified atom stereocenters. The Kier molecular flexibility index (Phi) is 10.0. The van der Waals surface area contributed by atoms with E-state index in [-0.39, 0.29) is 6.10 Å². The molecule has 0 fully saturated rings. The van der Waals surface area contributed by atoms with Gasteiger partial charge in [-0.25, -0.2) is 0 Å². The van der Waals surface area contributed by atoms with Gasteiger partial charge in [0.2, 0.25) is 0 Å². The van der Waals surface area contributed by atoms with Crippen molar-refractivity contribution in [2.45, 2.75) is 38.7 Å². The summed E-state index contributed by atoms with van der Waals surface area (Å²) in [7, 11) is 6.41. The second-order valence-electron chi connectivity index (χ2n) is 2.38. The first-order valence-corrected chi connectivity index (χ1v) is 6.82. The van der Waals surface area contributed by atoms with Crippen molar-refractivity contribution in [2.24, 2.45) is 0 Å². The maximum Gasteiger partial charge on any atom is 0.133 e. The monoisotopic (exact) mass is 224 g/mol. The van der Waals surface area contributed by atoms with Crippen LogP contribution in [0.4, 0.5) is 0 Å². The van der Waals surface area contributed by atoms with Gasteiger partial charge in [0, 0.05) is 10.0 Å². The molecule has 0 N–H and O–H groups in total. The summed E-state index contributed by atoms with van der Waals surface area (Å²) < 4.78 is 5.20. The highest BCUT2D eigenvalue weighted by molar-refractivity contribution is 8.83. The summed E-state index contributed by atoms with van der Waals surface area (Å²) in [6.45, 7) is 2.16. The maximum atomic E-state index is 5.35. The van der Waals surface area contributed by atoms with Crippen molar-refractivity contribution >= 4 is 31.8 Å². The molecule has 1 atom stereocenters. The van der Waals surface area contributed by atoms with Crippen molar-refractivity contribution in [3.63, 3.8) is 0 Å². The van der Waals surface area contributed by atoms with Crippen LogP contribution in [0.2, 0.25) is 0 Å². The minimum Gasteiger partial charge on any atom is -0.288 e. The highest BCUT2D eigenvalue weighted by atomic mass is 35.7. The molecular weight excluding hydrogens is 212 g/mol. The molecular formula is C8H13ClOS2. The summed E-state index contributed by atoms with van der Waals surface area (Å²) in [6, 6.07) is 0. The zero-order valence-electron chi connectivity index (χ0n) is 7.09. The third-order valence-electron chi connectivity index (χ3n) is 1.44. The summed E-state index contributed by atoms with van der Waals surface area (Å²) >= 11 is 1.14. The molecule has 12 heavy (non-hydrogen) atoms. The van der Waals surface area contributed by atoms with Crippen LogP contribution in [-0.2, 0) is 4.18 Å². The third kappa shape index (κ3) is 7.17. The molecule has 0 saturated carbocycles. The quantitative estimate of drug-likeness (QED) is 0.280. The van der Waals surface area contributed by atoms with Crippen molar-refractivity contribution in [1.82, 2.24) is 0 Å². The van der Waals surface area contributed by atoms with Crippen LogP contribution in [0, 0.1) is 12.3 Å². The van der Waals surface area contributed by atoms with Gasteiger partial charge in [0.05, 0.1) is 11.1 Å². The Hall–Kier alpha value is 0.510. The van der Waals surface area contributed by atoms with E-state index in [4.69, 9.17) is 21.3 Å². The fraction of sp³-hybridized carbons (Fsp3) is 0.750. The molecule has 0 aliphatic heterocycles. The molecule has 0 rings (SSSR count). The largest absolute Gasteiger partial charge is 0.288 e. The van der Waals surface area contributed by atoms with Gasteiger partial charge >= 0.3 is 0 Å². The predicted octanol–water partition coefficient (Wildman–Crippen LogP) is 4.04. The van der Waals surface area contributed by atoms with Gasteiger partial charge in [-0.15, -0.1) is 6.42 Å². The average Bonchev–Trinajstić information content (AvgIpc) is 2.11. The number of unbranched alkanes of at least 4 members (excludes halogenated alkanes) is 2. The van der Waals surface area contributed by atoms with Crippen LogP contribution < -0.4 is 0 Å². The minimum atomic E-state index is -0.0900. The first kappa shape index (κ1) is 12.5. The molecule has 0 aliphatic rings. The van der Waals surface area contributed by atoms with Crippen LogP contribution in [0.25, 0.3) is 0 Å². The van der Waals surface area contributed by atoms with Crippen LogP contribution in [0.5, 0.6) is 0 Å². The summed E-state index contributed by atoms with van der Waals surface area (Å²) in [5, 5.41) is 0. The van der Waals surface area contributed by atoms with Gasteiger partial charge in [-0.2, -0.15) is 0 Å². The third-order valence-corrected chi connectivity index (χ3v) is 2.65. The van der Waals surface area contributed by atoms with Gasteiger partial charge in [-0.3, -0.25) is 4.18 Å². The highest BCUT2D eigenvalue weighted by Crippen LogP contribution is 2.28. The topological polar surface area (TPSA) is 9.23 Å². The lowest BCUT2D eigenvalue weighted by Crippen LogP contribution is -2.04. The van der Waals surface area contributed by atoms with Gasteiger partial charge in [0.1, 0.15) is 6.10 Å². The van der Waals surface area contributed by atoms with Crippen LogP contribution in [-0.4, -0.2) is 6.10 Å². The van der Waals surface area contributed by atoms with E-state index in [0.717, 1.165) is 33.9 Å². The zero-order chi connectivity index (χ0) is 9.23. The number of hydrogen-bond acceptors (Lipinski definition) is 3. The van der Waals surface area contributed by atoms with Crippen molar-refractivity contribution in [3.8, 4) is 12.3 Å². The van der Waals surface area contributed by atoms with E-state index < -0.39 is 0 Å². The molecule has 70 valence electrons. The lowest BCUT2D eigenvalue weighted by Gasteiger charge is -2.07. The van der Waals surface area contributed by atoms with Crippen molar-refractivity contribution < 1.29 is 4.18 Å². The first-order chi connectivity index (χ1) is 5.85. The van der Waals surface area contributed by atoms with Gasteiger partial charge < -0.3 is 0 Å². The predicted molar refractivity (Wildman–Crippen MR) is 58.9 cm³/mol. The number of rotatable bonds is 7. The molecule has 1 nitrogen and oxygen atoms in total. The zero-order valence-corrected chi connectivity index (χ0v) is 9.47. The minimum absolute atomic E-state index is 0.0900. The smallest absolute Gasteiger partial charge is 0.133 e. The Morgan fingerprint density at radius 3 is 2.83 bits per heavy atom. The molecule has 0 amide bonds. The number of hydrogen-bond donors (Lipinski definition) is 0. The van der Waals surface area contributed by atoms with E-state index in [1.807, 2.05) is 0 Å². The molecule has 0 heterocycles. The molecule has 4 heteroatoms. The fourth-order valence-electron chi connectivity index (χ4n) is 0.801. The summed E-state index contributed by atoms with van der Waals surface area (Å²) in [5.74, 6) is 2.58. The molecule has 0 spiro atoms. The van der Waals surface area contributed by atoms with E-state index in [2.05, 4.69) is 12.8 Å². The number of halogens is 1. The molecule has 0 aliphatic carbocycles. The van der Waals surface area contributed by atoms with E-state index in [0.29, 0.717) is 0 Å². The van der Waals surface area contributed by atoms with Gasteiger partial charge in [0.15, 0.2) is 0 Å². The summed E-state index contributed by atoms with van der Waals surface area (Å²) in [4.78, 5) is 0. The van der Waals surface area contributed by atoms with Crippen molar-refractivity contribution in [2.75, 3.05) is 0 Å². The van der Waals surface area contributed by atoms with E-state index >= 15 is 0 Å². The lowest BCUT2D eigenvalue weighted by atomic mass is 10.1. The molecule has 0 aromatic carbocycles. The molecule has 0 radical (unpaired) electrons. The van der Waals surface area contributed by atoms with Crippen LogP contribution >= 0.6 is 31.8 Å². The Balaban J connectivity index is 3.35. The van der Waals surface area contributed by atoms with E-state index in [1.165, 1.54) is 12.8 Å². The second-order valence-corrected chi connectivity index (χ2v) is 4.75. The van der Waals surface area contributed by atoms with Crippen LogP contribution in [0.1, 0.15) is 32.6 Å². The highest BCUT2D eigenvalue weighted by Gasteiger charge is 2.04. The Labute approximate surface area is 87.1 Å². The standard InChI is InChI=1S/C8H13ClOS2/c1-3-5-6-7-8(4-2)10-12-11-9/h2,8H,3,5-7H2,1H3. The molecule has 0 aromatic rings. The lowest BCUT2D eigenvalue weighted by molar-refractivity contribution is 0.291. The summed E-state index contributed by atoms with van der Waals surface area (Å²) in [6.07, 6.45) is 9.63. The van der Waals surface area contributed by atoms with Gasteiger partial charge in [0.25, 0.3) is 0 Å². The summed E-state index contributed by atoms with van der Waals surface area (Å²) in [5.41, 5.74) is 0. The number of terminal acetylenes is 1. The van der Waals surface area contributed by atoms with E-state index in [1.54, 1.807) is 0 Å². The van der Waals surface area contributed by atoms with Gasteiger partial charge in [-0.05, 0) is 23.5 Å². The second kappa shape index (κ2) is 9.60. The molecule has 0 saturated heterocycles. The van der Waals surface area contributed by atoms with Crippen molar-refractivity contribution in [1.29, 1.82) is 0 Å². The first-order valence-electron chi connectivity index (χ1n) is 3.92. The maximum absolute atomic E-state index is 5.35. The average molecular weight is 225 g/mol.